The lowest BCUT2D eigenvalue weighted by molar-refractivity contribution is 0.0859. The molecule has 0 aromatic carbocycles. The maximum absolute atomic E-state index is 12.5. The number of rotatable bonds is 6. The number of hydrogen-bond donors (Lipinski definition) is 2. The van der Waals surface area contributed by atoms with E-state index in [0.29, 0.717) is 23.1 Å². The predicted octanol–water partition coefficient (Wildman–Crippen LogP) is 2.88. The first-order valence-corrected chi connectivity index (χ1v) is 10.2. The molecule has 0 bridgehead atoms. The van der Waals surface area contributed by atoms with Gasteiger partial charge in [-0.15, -0.1) is 0 Å². The number of hydrogen-bond acceptors (Lipinski definition) is 4. The van der Waals surface area contributed by atoms with Crippen LogP contribution in [0.2, 0.25) is 0 Å². The van der Waals surface area contributed by atoms with Gasteiger partial charge in [0.1, 0.15) is 6.26 Å². The number of fused-ring (bicyclic) bond motifs is 1. The van der Waals surface area contributed by atoms with Crippen LogP contribution in [0.25, 0.3) is 5.52 Å². The van der Waals surface area contributed by atoms with Crippen LogP contribution in [0.4, 0.5) is 0 Å². The van der Waals surface area contributed by atoms with E-state index in [9.17, 15) is 9.59 Å². The van der Waals surface area contributed by atoms with Crippen molar-refractivity contribution in [1.29, 1.82) is 0 Å². The largest absolute Gasteiger partial charge is 0.448 e. The number of nitrogens with zero attached hydrogens (tertiary/aromatic N) is 2. The molecular weight excluding hydrogens is 368 g/mol. The van der Waals surface area contributed by atoms with Gasteiger partial charge in [-0.25, -0.2) is 4.98 Å². The molecule has 5 rings (SSSR count). The SMILES string of the molecule is Cc1cc2ccc(C(=O)NC3CC(NC(=O)c4coc(CC5CC5)n4)C3)cn2c1. The fourth-order valence-electron chi connectivity index (χ4n) is 3.85. The van der Waals surface area contributed by atoms with Crippen LogP contribution in [0, 0.1) is 12.8 Å². The predicted molar refractivity (Wildman–Crippen MR) is 107 cm³/mol. The molecule has 2 saturated carbocycles. The number of oxazole rings is 1. The molecule has 0 unspecified atom stereocenters. The molecule has 2 aliphatic carbocycles. The Bertz CT molecular complexity index is 1070. The Morgan fingerprint density at radius 3 is 2.66 bits per heavy atom. The summed E-state index contributed by atoms with van der Waals surface area (Å²) in [4.78, 5) is 29.1. The Kier molecular flexibility index (Phi) is 4.38. The van der Waals surface area contributed by atoms with Crippen LogP contribution in [0.15, 0.2) is 41.3 Å². The van der Waals surface area contributed by atoms with Gasteiger partial charge in [0.25, 0.3) is 11.8 Å². The highest BCUT2D eigenvalue weighted by atomic mass is 16.3. The summed E-state index contributed by atoms with van der Waals surface area (Å²) in [5.74, 6) is 1.02. The summed E-state index contributed by atoms with van der Waals surface area (Å²) in [7, 11) is 0. The van der Waals surface area contributed by atoms with Gasteiger partial charge in [-0.2, -0.15) is 0 Å². The summed E-state index contributed by atoms with van der Waals surface area (Å²) in [5, 5.41) is 6.01. The van der Waals surface area contributed by atoms with Crippen molar-refractivity contribution in [2.75, 3.05) is 0 Å². The molecule has 150 valence electrons. The zero-order valence-electron chi connectivity index (χ0n) is 16.4. The molecule has 0 saturated heterocycles. The lowest BCUT2D eigenvalue weighted by Gasteiger charge is -2.36. The van der Waals surface area contributed by atoms with Crippen molar-refractivity contribution in [3.63, 3.8) is 0 Å². The number of amides is 2. The lowest BCUT2D eigenvalue weighted by Crippen LogP contribution is -2.53. The molecule has 0 atom stereocenters. The highest BCUT2D eigenvalue weighted by Crippen LogP contribution is 2.32. The quantitative estimate of drug-likeness (QED) is 0.675. The molecule has 0 radical (unpaired) electrons. The lowest BCUT2D eigenvalue weighted by atomic mass is 9.86. The summed E-state index contributed by atoms with van der Waals surface area (Å²) in [6, 6.07) is 5.97. The topological polar surface area (TPSA) is 88.6 Å². The fraction of sp³-hybridized carbons (Fsp3) is 0.409. The van der Waals surface area contributed by atoms with E-state index < -0.39 is 0 Å². The summed E-state index contributed by atoms with van der Waals surface area (Å²) < 4.78 is 7.36. The molecule has 2 N–H and O–H groups in total. The van der Waals surface area contributed by atoms with Crippen molar-refractivity contribution in [1.82, 2.24) is 20.0 Å². The average Bonchev–Trinajstić information content (AvgIpc) is 3.20. The minimum absolute atomic E-state index is 0.0472. The monoisotopic (exact) mass is 392 g/mol. The first-order chi connectivity index (χ1) is 14.0. The second-order valence-electron chi connectivity index (χ2n) is 8.35. The maximum Gasteiger partial charge on any atom is 0.273 e. The van der Waals surface area contributed by atoms with Crippen LogP contribution in [-0.4, -0.2) is 33.3 Å². The first kappa shape index (κ1) is 18.0. The summed E-state index contributed by atoms with van der Waals surface area (Å²) in [6.45, 7) is 2.03. The fourth-order valence-corrected chi connectivity index (χ4v) is 3.85. The number of pyridine rings is 1. The second kappa shape index (κ2) is 7.06. The smallest absolute Gasteiger partial charge is 0.273 e. The van der Waals surface area contributed by atoms with E-state index in [0.717, 1.165) is 30.3 Å². The molecule has 0 spiro atoms. The summed E-state index contributed by atoms with van der Waals surface area (Å²) in [6.07, 6.45) is 9.98. The van der Waals surface area contributed by atoms with Crippen molar-refractivity contribution in [2.45, 2.75) is 51.1 Å². The van der Waals surface area contributed by atoms with Crippen LogP contribution in [-0.2, 0) is 6.42 Å². The Morgan fingerprint density at radius 2 is 1.90 bits per heavy atom. The molecule has 2 aliphatic rings. The molecular formula is C22H24N4O3. The van der Waals surface area contributed by atoms with Crippen molar-refractivity contribution in [2.24, 2.45) is 5.92 Å². The minimum Gasteiger partial charge on any atom is -0.448 e. The van der Waals surface area contributed by atoms with E-state index in [1.54, 1.807) is 0 Å². The van der Waals surface area contributed by atoms with Crippen LogP contribution < -0.4 is 10.6 Å². The molecule has 3 heterocycles. The third-order valence-electron chi connectivity index (χ3n) is 5.74. The highest BCUT2D eigenvalue weighted by Gasteiger charge is 2.32. The van der Waals surface area contributed by atoms with Gasteiger partial charge >= 0.3 is 0 Å². The minimum atomic E-state index is -0.209. The second-order valence-corrected chi connectivity index (χ2v) is 8.35. The van der Waals surface area contributed by atoms with E-state index in [1.165, 1.54) is 19.1 Å². The van der Waals surface area contributed by atoms with Crippen molar-refractivity contribution in [3.8, 4) is 0 Å². The van der Waals surface area contributed by atoms with Gasteiger partial charge in [-0.05, 0) is 62.3 Å². The van der Waals surface area contributed by atoms with Crippen LogP contribution in [0.3, 0.4) is 0 Å². The number of carbonyl (C=O) groups is 2. The Hall–Kier alpha value is -3.09. The van der Waals surface area contributed by atoms with Gasteiger partial charge in [0.15, 0.2) is 11.6 Å². The van der Waals surface area contributed by atoms with E-state index in [-0.39, 0.29) is 23.9 Å². The maximum atomic E-state index is 12.5. The van der Waals surface area contributed by atoms with E-state index in [2.05, 4.69) is 21.7 Å². The Morgan fingerprint density at radius 1 is 1.14 bits per heavy atom. The van der Waals surface area contributed by atoms with E-state index >= 15 is 0 Å². The molecule has 29 heavy (non-hydrogen) atoms. The normalized spacial score (nSPS) is 21.0. The first-order valence-electron chi connectivity index (χ1n) is 10.2. The van der Waals surface area contributed by atoms with Crippen LogP contribution in [0.5, 0.6) is 0 Å². The summed E-state index contributed by atoms with van der Waals surface area (Å²) in [5.41, 5.74) is 3.19. The Balaban J connectivity index is 1.11. The van der Waals surface area contributed by atoms with Gasteiger partial charge in [0.05, 0.1) is 5.56 Å². The van der Waals surface area contributed by atoms with Crippen molar-refractivity contribution < 1.29 is 14.0 Å². The van der Waals surface area contributed by atoms with Crippen LogP contribution >= 0.6 is 0 Å². The number of carbonyl (C=O) groups excluding carboxylic acids is 2. The molecule has 3 aromatic heterocycles. The molecule has 2 amide bonds. The van der Waals surface area contributed by atoms with E-state index in [1.807, 2.05) is 35.9 Å². The standard InChI is InChI=1S/C22H24N4O3/c1-13-6-18-5-4-15(11-26(18)10-13)21(27)23-16-8-17(9-16)24-22(28)19-12-29-20(25-19)7-14-2-3-14/h4-6,10-12,14,16-17H,2-3,7-9H2,1H3,(H,23,27)(H,24,28). The van der Waals surface area contributed by atoms with Gasteiger partial charge in [-0.3, -0.25) is 9.59 Å². The zero-order valence-corrected chi connectivity index (χ0v) is 16.4. The van der Waals surface area contributed by atoms with Crippen molar-refractivity contribution >= 4 is 17.3 Å². The van der Waals surface area contributed by atoms with Gasteiger partial charge < -0.3 is 19.5 Å². The van der Waals surface area contributed by atoms with Crippen LogP contribution in [0.1, 0.15) is 58.0 Å². The number of aryl methyl sites for hydroxylation is 1. The van der Waals surface area contributed by atoms with Gasteiger partial charge in [0.2, 0.25) is 0 Å². The molecule has 7 nitrogen and oxygen atoms in total. The van der Waals surface area contributed by atoms with Crippen molar-refractivity contribution in [3.05, 3.63) is 59.6 Å². The zero-order chi connectivity index (χ0) is 20.0. The average molecular weight is 392 g/mol. The molecule has 3 aromatic rings. The van der Waals surface area contributed by atoms with Gasteiger partial charge in [0, 0.05) is 36.4 Å². The third-order valence-corrected chi connectivity index (χ3v) is 5.74. The van der Waals surface area contributed by atoms with Gasteiger partial charge in [-0.1, -0.05) is 0 Å². The number of aromatic nitrogens is 2. The molecule has 7 heteroatoms. The number of nitrogens with one attached hydrogen (secondary N) is 2. The Labute approximate surface area is 168 Å². The highest BCUT2D eigenvalue weighted by molar-refractivity contribution is 5.95. The molecule has 2 fully saturated rings. The van der Waals surface area contributed by atoms with E-state index in [4.69, 9.17) is 4.42 Å². The third kappa shape index (κ3) is 3.90. The summed E-state index contributed by atoms with van der Waals surface area (Å²) >= 11 is 0. The molecule has 0 aliphatic heterocycles.